The molecule has 0 spiro atoms. The van der Waals surface area contributed by atoms with Crippen molar-refractivity contribution in [1.82, 2.24) is 15.1 Å². The van der Waals surface area contributed by atoms with Crippen LogP contribution in [0.15, 0.2) is 23.0 Å². The maximum atomic E-state index is 12.1. The molecular weight excluding hydrogens is 238 g/mol. The minimum atomic E-state index is 0.0462. The Kier molecular flexibility index (Phi) is 3.03. The SMILES string of the molecule is CNCc1c(-c2ccc3c(c2)CCC3)[nH]n(C)c1=O. The van der Waals surface area contributed by atoms with Crippen molar-refractivity contribution < 1.29 is 0 Å². The zero-order chi connectivity index (χ0) is 13.4. The average Bonchev–Trinajstić information content (AvgIpc) is 2.98. The van der Waals surface area contributed by atoms with Gasteiger partial charge in [0.1, 0.15) is 0 Å². The Morgan fingerprint density at radius 2 is 2.11 bits per heavy atom. The summed E-state index contributed by atoms with van der Waals surface area (Å²) in [4.78, 5) is 12.1. The van der Waals surface area contributed by atoms with E-state index in [1.54, 1.807) is 11.7 Å². The van der Waals surface area contributed by atoms with Gasteiger partial charge in [0, 0.05) is 19.2 Å². The smallest absolute Gasteiger partial charge is 0.271 e. The first-order valence-corrected chi connectivity index (χ1v) is 6.75. The highest BCUT2D eigenvalue weighted by Crippen LogP contribution is 2.28. The average molecular weight is 257 g/mol. The van der Waals surface area contributed by atoms with Crippen molar-refractivity contribution in [1.29, 1.82) is 0 Å². The molecule has 19 heavy (non-hydrogen) atoms. The van der Waals surface area contributed by atoms with Gasteiger partial charge in [-0.05, 0) is 43.5 Å². The molecule has 0 saturated carbocycles. The van der Waals surface area contributed by atoms with Gasteiger partial charge in [-0.3, -0.25) is 14.6 Å². The van der Waals surface area contributed by atoms with Crippen LogP contribution in [-0.2, 0) is 26.4 Å². The van der Waals surface area contributed by atoms with Gasteiger partial charge < -0.3 is 5.32 Å². The van der Waals surface area contributed by atoms with Crippen LogP contribution in [0.3, 0.4) is 0 Å². The van der Waals surface area contributed by atoms with Crippen LogP contribution in [0.2, 0.25) is 0 Å². The lowest BCUT2D eigenvalue weighted by Crippen LogP contribution is -2.19. The van der Waals surface area contributed by atoms with Crippen LogP contribution in [0, 0.1) is 0 Å². The number of rotatable bonds is 3. The summed E-state index contributed by atoms with van der Waals surface area (Å²) in [6, 6.07) is 6.55. The van der Waals surface area contributed by atoms with Crippen LogP contribution in [0.4, 0.5) is 0 Å². The number of aromatic nitrogens is 2. The van der Waals surface area contributed by atoms with E-state index in [0.717, 1.165) is 23.2 Å². The molecule has 1 aliphatic rings. The van der Waals surface area contributed by atoms with Crippen molar-refractivity contribution in [2.24, 2.45) is 7.05 Å². The molecule has 0 atom stereocenters. The Bertz CT molecular complexity index is 667. The van der Waals surface area contributed by atoms with Crippen LogP contribution in [0.1, 0.15) is 23.1 Å². The number of H-pyrrole nitrogens is 1. The molecular formula is C15H19N3O. The highest BCUT2D eigenvalue weighted by Gasteiger charge is 2.16. The fourth-order valence-electron chi connectivity index (χ4n) is 2.90. The Balaban J connectivity index is 2.11. The van der Waals surface area contributed by atoms with Crippen molar-refractivity contribution in [3.63, 3.8) is 0 Å². The predicted octanol–water partition coefficient (Wildman–Crippen LogP) is 1.59. The van der Waals surface area contributed by atoms with Gasteiger partial charge >= 0.3 is 0 Å². The normalized spacial score (nSPS) is 13.8. The van der Waals surface area contributed by atoms with Crippen LogP contribution in [-0.4, -0.2) is 16.8 Å². The Labute approximate surface area is 112 Å². The standard InChI is InChI=1S/C15H19N3O/c1-16-9-13-14(17-18(2)15(13)19)12-7-6-10-4-3-5-11(10)8-12/h6-8,16-17H,3-5,9H2,1-2H3. The van der Waals surface area contributed by atoms with Crippen molar-refractivity contribution >= 4 is 0 Å². The molecule has 0 fully saturated rings. The lowest BCUT2D eigenvalue weighted by atomic mass is 10.0. The topological polar surface area (TPSA) is 49.8 Å². The summed E-state index contributed by atoms with van der Waals surface area (Å²) in [5.41, 5.74) is 5.79. The second-order valence-electron chi connectivity index (χ2n) is 5.20. The molecule has 1 aromatic heterocycles. The van der Waals surface area contributed by atoms with Crippen LogP contribution in [0.5, 0.6) is 0 Å². The molecule has 0 unspecified atom stereocenters. The minimum Gasteiger partial charge on any atom is -0.315 e. The molecule has 2 N–H and O–H groups in total. The molecule has 0 amide bonds. The molecule has 1 heterocycles. The van der Waals surface area contributed by atoms with E-state index >= 15 is 0 Å². The summed E-state index contributed by atoms with van der Waals surface area (Å²) < 4.78 is 1.55. The summed E-state index contributed by atoms with van der Waals surface area (Å²) in [6.45, 7) is 0.586. The monoisotopic (exact) mass is 257 g/mol. The Hall–Kier alpha value is -1.81. The van der Waals surface area contributed by atoms with E-state index in [-0.39, 0.29) is 5.56 Å². The van der Waals surface area contributed by atoms with E-state index in [1.165, 1.54) is 24.0 Å². The van der Waals surface area contributed by atoms with Crippen molar-refractivity contribution in [2.45, 2.75) is 25.8 Å². The third kappa shape index (κ3) is 2.02. The molecule has 4 heteroatoms. The van der Waals surface area contributed by atoms with Gasteiger partial charge in [0.15, 0.2) is 0 Å². The summed E-state index contributed by atoms with van der Waals surface area (Å²) >= 11 is 0. The number of nitrogens with one attached hydrogen (secondary N) is 2. The number of nitrogens with zero attached hydrogens (tertiary/aromatic N) is 1. The van der Waals surface area contributed by atoms with Crippen LogP contribution in [0.25, 0.3) is 11.3 Å². The van der Waals surface area contributed by atoms with E-state index < -0.39 is 0 Å². The summed E-state index contributed by atoms with van der Waals surface area (Å²) in [6.07, 6.45) is 3.58. The van der Waals surface area contributed by atoms with E-state index in [1.807, 2.05) is 7.05 Å². The maximum Gasteiger partial charge on any atom is 0.271 e. The van der Waals surface area contributed by atoms with Crippen LogP contribution < -0.4 is 10.9 Å². The van der Waals surface area contributed by atoms with E-state index in [9.17, 15) is 4.79 Å². The van der Waals surface area contributed by atoms with Gasteiger partial charge in [0.2, 0.25) is 0 Å². The highest BCUT2D eigenvalue weighted by molar-refractivity contribution is 5.64. The predicted molar refractivity (Wildman–Crippen MR) is 76.3 cm³/mol. The zero-order valence-electron chi connectivity index (χ0n) is 11.4. The first-order valence-electron chi connectivity index (χ1n) is 6.75. The summed E-state index contributed by atoms with van der Waals surface area (Å²) in [5, 5.41) is 6.24. The third-order valence-corrected chi connectivity index (χ3v) is 3.88. The number of aryl methyl sites for hydroxylation is 3. The van der Waals surface area contributed by atoms with E-state index in [2.05, 4.69) is 28.6 Å². The molecule has 0 saturated heterocycles. The molecule has 100 valence electrons. The summed E-state index contributed by atoms with van der Waals surface area (Å²) in [7, 11) is 3.62. The molecule has 1 aromatic carbocycles. The maximum absolute atomic E-state index is 12.1. The number of hydrogen-bond acceptors (Lipinski definition) is 2. The van der Waals surface area contributed by atoms with Gasteiger partial charge in [0.05, 0.1) is 11.3 Å². The fraction of sp³-hybridized carbons (Fsp3) is 0.400. The van der Waals surface area contributed by atoms with Crippen LogP contribution >= 0.6 is 0 Å². The van der Waals surface area contributed by atoms with Crippen molar-refractivity contribution in [3.8, 4) is 11.3 Å². The second-order valence-corrected chi connectivity index (χ2v) is 5.20. The first kappa shape index (κ1) is 12.2. The first-order chi connectivity index (χ1) is 9.20. The van der Waals surface area contributed by atoms with E-state index in [4.69, 9.17) is 0 Å². The molecule has 1 aliphatic carbocycles. The van der Waals surface area contributed by atoms with Gasteiger partial charge in [0.25, 0.3) is 5.56 Å². The fourth-order valence-corrected chi connectivity index (χ4v) is 2.90. The number of fused-ring (bicyclic) bond motifs is 1. The molecule has 0 bridgehead atoms. The molecule has 0 radical (unpaired) electrons. The van der Waals surface area contributed by atoms with Crippen molar-refractivity contribution in [3.05, 3.63) is 45.2 Å². The van der Waals surface area contributed by atoms with Gasteiger partial charge in [-0.1, -0.05) is 12.1 Å². The zero-order valence-corrected chi connectivity index (χ0v) is 11.4. The Morgan fingerprint density at radius 3 is 2.89 bits per heavy atom. The quantitative estimate of drug-likeness (QED) is 0.877. The number of benzene rings is 1. The minimum absolute atomic E-state index is 0.0462. The third-order valence-electron chi connectivity index (χ3n) is 3.88. The van der Waals surface area contributed by atoms with Gasteiger partial charge in [-0.15, -0.1) is 0 Å². The number of aromatic amines is 1. The van der Waals surface area contributed by atoms with E-state index in [0.29, 0.717) is 6.54 Å². The molecule has 0 aliphatic heterocycles. The largest absolute Gasteiger partial charge is 0.315 e. The molecule has 2 aromatic rings. The molecule has 4 nitrogen and oxygen atoms in total. The number of hydrogen-bond donors (Lipinski definition) is 2. The highest BCUT2D eigenvalue weighted by atomic mass is 16.1. The molecule has 3 rings (SSSR count). The Morgan fingerprint density at radius 1 is 1.32 bits per heavy atom. The van der Waals surface area contributed by atoms with Gasteiger partial charge in [-0.2, -0.15) is 0 Å². The van der Waals surface area contributed by atoms with Crippen molar-refractivity contribution in [2.75, 3.05) is 7.05 Å². The second kappa shape index (κ2) is 4.70. The lowest BCUT2D eigenvalue weighted by Gasteiger charge is -2.05. The van der Waals surface area contributed by atoms with Gasteiger partial charge in [-0.25, -0.2) is 0 Å². The lowest BCUT2D eigenvalue weighted by molar-refractivity contribution is 0.734. The summed E-state index contributed by atoms with van der Waals surface area (Å²) in [5.74, 6) is 0.